The molecule has 1 aromatic carbocycles. The van der Waals surface area contributed by atoms with E-state index < -0.39 is 5.54 Å². The van der Waals surface area contributed by atoms with Gasteiger partial charge in [0.15, 0.2) is 0 Å². The summed E-state index contributed by atoms with van der Waals surface area (Å²) < 4.78 is 0. The van der Waals surface area contributed by atoms with E-state index in [1.807, 2.05) is 24.3 Å². The Balaban J connectivity index is 1.87. The zero-order chi connectivity index (χ0) is 11.6. The van der Waals surface area contributed by atoms with Gasteiger partial charge in [-0.05, 0) is 37.0 Å². The van der Waals surface area contributed by atoms with E-state index in [2.05, 4.69) is 5.32 Å². The average Bonchev–Trinajstić information content (AvgIpc) is 2.24. The Morgan fingerprint density at radius 3 is 2.50 bits per heavy atom. The molecule has 0 spiro atoms. The van der Waals surface area contributed by atoms with Crippen molar-refractivity contribution in [3.63, 3.8) is 0 Å². The van der Waals surface area contributed by atoms with E-state index in [0.29, 0.717) is 11.6 Å². The van der Waals surface area contributed by atoms with E-state index >= 15 is 0 Å². The van der Waals surface area contributed by atoms with E-state index in [0.717, 1.165) is 24.8 Å². The third-order valence-corrected chi connectivity index (χ3v) is 3.32. The number of rotatable bonds is 3. The Morgan fingerprint density at radius 1 is 1.38 bits per heavy atom. The first-order valence-electron chi connectivity index (χ1n) is 5.42. The second kappa shape index (κ2) is 4.44. The Labute approximate surface area is 100.0 Å². The summed E-state index contributed by atoms with van der Waals surface area (Å²) in [4.78, 5) is 11.7. The van der Waals surface area contributed by atoms with Gasteiger partial charge in [0.05, 0.1) is 5.54 Å². The van der Waals surface area contributed by atoms with Gasteiger partial charge < -0.3 is 11.1 Å². The number of halogens is 1. The number of nitrogens with two attached hydrogens (primary N) is 1. The fraction of sp³-hybridized carbons (Fsp3) is 0.417. The van der Waals surface area contributed by atoms with Crippen LogP contribution in [0, 0.1) is 0 Å². The lowest BCUT2D eigenvalue weighted by Gasteiger charge is -2.36. The van der Waals surface area contributed by atoms with Gasteiger partial charge in [0.1, 0.15) is 0 Å². The maximum Gasteiger partial charge on any atom is 0.240 e. The van der Waals surface area contributed by atoms with Crippen molar-refractivity contribution in [1.82, 2.24) is 5.32 Å². The van der Waals surface area contributed by atoms with Crippen molar-refractivity contribution in [2.75, 3.05) is 0 Å². The molecule has 1 fully saturated rings. The number of nitrogens with one attached hydrogen (secondary N) is 1. The Bertz CT molecular complexity index is 385. The highest BCUT2D eigenvalue weighted by atomic mass is 35.5. The third-order valence-electron chi connectivity index (χ3n) is 3.06. The second-order valence-electron chi connectivity index (χ2n) is 4.32. The lowest BCUT2D eigenvalue weighted by molar-refractivity contribution is -0.129. The van der Waals surface area contributed by atoms with Crippen LogP contribution in [0.2, 0.25) is 5.02 Å². The van der Waals surface area contributed by atoms with Crippen LogP contribution in [-0.4, -0.2) is 11.4 Å². The number of hydrogen-bond donors (Lipinski definition) is 2. The summed E-state index contributed by atoms with van der Waals surface area (Å²) in [7, 11) is 0. The standard InChI is InChI=1S/C12H15ClN2O/c13-10-4-2-9(3-5-10)8-15-11(16)12(14)6-1-7-12/h2-5H,1,6-8,14H2,(H,15,16). The molecule has 2 rings (SSSR count). The topological polar surface area (TPSA) is 55.1 Å². The maximum absolute atomic E-state index is 11.7. The number of carbonyl (C=O) groups excluding carboxylic acids is 1. The third kappa shape index (κ3) is 2.36. The monoisotopic (exact) mass is 238 g/mol. The van der Waals surface area contributed by atoms with E-state index in [9.17, 15) is 4.79 Å². The van der Waals surface area contributed by atoms with Crippen molar-refractivity contribution >= 4 is 17.5 Å². The molecule has 3 nitrogen and oxygen atoms in total. The summed E-state index contributed by atoms with van der Waals surface area (Å²) in [6.45, 7) is 0.509. The van der Waals surface area contributed by atoms with Crippen LogP contribution < -0.4 is 11.1 Å². The van der Waals surface area contributed by atoms with E-state index in [1.165, 1.54) is 0 Å². The number of hydrogen-bond acceptors (Lipinski definition) is 2. The average molecular weight is 239 g/mol. The first-order valence-corrected chi connectivity index (χ1v) is 5.80. The zero-order valence-electron chi connectivity index (χ0n) is 9.00. The SMILES string of the molecule is NC1(C(=O)NCc2ccc(Cl)cc2)CCC1. The minimum atomic E-state index is -0.619. The van der Waals surface area contributed by atoms with Gasteiger partial charge in [0.2, 0.25) is 5.91 Å². The fourth-order valence-electron chi connectivity index (χ4n) is 1.75. The molecular formula is C12H15ClN2O. The minimum Gasteiger partial charge on any atom is -0.350 e. The molecule has 4 heteroatoms. The van der Waals surface area contributed by atoms with E-state index in [4.69, 9.17) is 17.3 Å². The van der Waals surface area contributed by atoms with Gasteiger partial charge in [-0.15, -0.1) is 0 Å². The van der Waals surface area contributed by atoms with Crippen molar-refractivity contribution in [2.45, 2.75) is 31.3 Å². The highest BCUT2D eigenvalue weighted by Crippen LogP contribution is 2.29. The second-order valence-corrected chi connectivity index (χ2v) is 4.76. The first kappa shape index (κ1) is 11.4. The van der Waals surface area contributed by atoms with Crippen LogP contribution in [0.5, 0.6) is 0 Å². The lowest BCUT2D eigenvalue weighted by Crippen LogP contribution is -2.58. The summed E-state index contributed by atoms with van der Waals surface area (Å²) in [6, 6.07) is 7.41. The Morgan fingerprint density at radius 2 is 2.00 bits per heavy atom. The van der Waals surface area contributed by atoms with Gasteiger partial charge in [0.25, 0.3) is 0 Å². The normalized spacial score (nSPS) is 17.6. The summed E-state index contributed by atoms with van der Waals surface area (Å²) in [6.07, 6.45) is 2.63. The van der Waals surface area contributed by atoms with Crippen LogP contribution in [0.3, 0.4) is 0 Å². The predicted molar refractivity (Wildman–Crippen MR) is 64.1 cm³/mol. The Kier molecular flexibility index (Phi) is 3.17. The molecule has 0 unspecified atom stereocenters. The van der Waals surface area contributed by atoms with Crippen molar-refractivity contribution in [2.24, 2.45) is 5.73 Å². The number of benzene rings is 1. The molecule has 1 saturated carbocycles. The van der Waals surface area contributed by atoms with Crippen LogP contribution in [-0.2, 0) is 11.3 Å². The molecule has 1 aliphatic carbocycles. The summed E-state index contributed by atoms with van der Waals surface area (Å²) >= 11 is 5.77. The molecule has 1 aromatic rings. The van der Waals surface area contributed by atoms with E-state index in [-0.39, 0.29) is 5.91 Å². The van der Waals surface area contributed by atoms with Crippen molar-refractivity contribution < 1.29 is 4.79 Å². The summed E-state index contributed by atoms with van der Waals surface area (Å²) in [5, 5.41) is 3.55. The molecule has 0 aromatic heterocycles. The smallest absolute Gasteiger partial charge is 0.240 e. The zero-order valence-corrected chi connectivity index (χ0v) is 9.76. The van der Waals surface area contributed by atoms with Crippen molar-refractivity contribution in [1.29, 1.82) is 0 Å². The highest BCUT2D eigenvalue weighted by Gasteiger charge is 2.39. The Hall–Kier alpha value is -1.06. The van der Waals surface area contributed by atoms with Crippen LogP contribution in [0.4, 0.5) is 0 Å². The molecule has 86 valence electrons. The lowest BCUT2D eigenvalue weighted by atomic mass is 9.77. The van der Waals surface area contributed by atoms with E-state index in [1.54, 1.807) is 0 Å². The quantitative estimate of drug-likeness (QED) is 0.844. The van der Waals surface area contributed by atoms with Crippen LogP contribution in [0.25, 0.3) is 0 Å². The number of amides is 1. The van der Waals surface area contributed by atoms with Crippen LogP contribution in [0.15, 0.2) is 24.3 Å². The molecule has 0 heterocycles. The van der Waals surface area contributed by atoms with Gasteiger partial charge in [-0.3, -0.25) is 4.79 Å². The van der Waals surface area contributed by atoms with Crippen molar-refractivity contribution in [3.05, 3.63) is 34.9 Å². The molecular weight excluding hydrogens is 224 g/mol. The summed E-state index contributed by atoms with van der Waals surface area (Å²) in [5.74, 6) is -0.0475. The van der Waals surface area contributed by atoms with Gasteiger partial charge in [0, 0.05) is 11.6 Å². The van der Waals surface area contributed by atoms with Gasteiger partial charge in [-0.25, -0.2) is 0 Å². The first-order chi connectivity index (χ1) is 7.60. The fourth-order valence-corrected chi connectivity index (χ4v) is 1.87. The molecule has 0 radical (unpaired) electrons. The predicted octanol–water partition coefficient (Wildman–Crippen LogP) is 1.84. The van der Waals surface area contributed by atoms with Crippen LogP contribution >= 0.6 is 11.6 Å². The molecule has 1 amide bonds. The van der Waals surface area contributed by atoms with Crippen LogP contribution in [0.1, 0.15) is 24.8 Å². The van der Waals surface area contributed by atoms with Crippen molar-refractivity contribution in [3.8, 4) is 0 Å². The molecule has 3 N–H and O–H groups in total. The minimum absolute atomic E-state index is 0.0475. The van der Waals surface area contributed by atoms with Gasteiger partial charge in [-0.1, -0.05) is 23.7 Å². The van der Waals surface area contributed by atoms with Gasteiger partial charge >= 0.3 is 0 Å². The largest absolute Gasteiger partial charge is 0.350 e. The summed E-state index contributed by atoms with van der Waals surface area (Å²) in [5.41, 5.74) is 6.31. The number of carbonyl (C=O) groups is 1. The van der Waals surface area contributed by atoms with Gasteiger partial charge in [-0.2, -0.15) is 0 Å². The molecule has 0 atom stereocenters. The molecule has 16 heavy (non-hydrogen) atoms. The molecule has 1 aliphatic rings. The highest BCUT2D eigenvalue weighted by molar-refractivity contribution is 6.30. The molecule has 0 saturated heterocycles. The molecule has 0 bridgehead atoms. The molecule has 0 aliphatic heterocycles. The maximum atomic E-state index is 11.7.